The maximum absolute atomic E-state index is 11.9. The number of halogens is 1. The van der Waals surface area contributed by atoms with Crippen molar-refractivity contribution in [2.24, 2.45) is 0 Å². The summed E-state index contributed by atoms with van der Waals surface area (Å²) in [5.74, 6) is 0.755. The van der Waals surface area contributed by atoms with Crippen LogP contribution in [0, 0.1) is 0 Å². The van der Waals surface area contributed by atoms with Gasteiger partial charge in [0.25, 0.3) is 5.56 Å². The molecule has 2 rings (SSSR count). The van der Waals surface area contributed by atoms with Crippen molar-refractivity contribution >= 4 is 11.6 Å². The lowest BCUT2D eigenvalue weighted by Crippen LogP contribution is -2.24. The maximum Gasteiger partial charge on any atom is 0.254 e. The molecule has 1 heterocycles. The van der Waals surface area contributed by atoms with Gasteiger partial charge in [0.1, 0.15) is 11.0 Å². The lowest BCUT2D eigenvalue weighted by atomic mass is 10.1. The predicted octanol–water partition coefficient (Wildman–Crippen LogP) is 3.09. The molecule has 0 spiro atoms. The molecule has 100 valence electrons. The molecule has 4 heteroatoms. The van der Waals surface area contributed by atoms with Crippen LogP contribution in [0.25, 0.3) is 0 Å². The van der Waals surface area contributed by atoms with Gasteiger partial charge in [-0.25, -0.2) is 4.98 Å². The molecule has 0 aliphatic carbocycles. The molecule has 1 aromatic carbocycles. The van der Waals surface area contributed by atoms with E-state index in [1.165, 1.54) is 11.6 Å². The first kappa shape index (κ1) is 13.8. The Kier molecular flexibility index (Phi) is 4.74. The monoisotopic (exact) mass is 276 g/mol. The van der Waals surface area contributed by atoms with Crippen LogP contribution < -0.4 is 5.56 Å². The molecular formula is C15H17ClN2O. The van der Waals surface area contributed by atoms with Crippen molar-refractivity contribution in [1.82, 2.24) is 9.55 Å². The summed E-state index contributed by atoms with van der Waals surface area (Å²) < 4.78 is 1.72. The zero-order valence-electron chi connectivity index (χ0n) is 11.0. The fraction of sp³-hybridized carbons (Fsp3) is 0.333. The van der Waals surface area contributed by atoms with E-state index >= 15 is 0 Å². The molecular weight excluding hydrogens is 260 g/mol. The second-order valence-electron chi connectivity index (χ2n) is 4.43. The van der Waals surface area contributed by atoms with Gasteiger partial charge in [0.05, 0.1) is 0 Å². The Morgan fingerprint density at radius 1 is 1.26 bits per heavy atom. The molecule has 0 N–H and O–H groups in total. The Labute approximate surface area is 117 Å². The number of rotatable bonds is 5. The van der Waals surface area contributed by atoms with Crippen LogP contribution in [0.15, 0.2) is 41.2 Å². The number of nitrogens with zero attached hydrogens (tertiary/aromatic N) is 2. The number of benzene rings is 1. The zero-order valence-corrected chi connectivity index (χ0v) is 11.7. The smallest absolute Gasteiger partial charge is 0.254 e. The summed E-state index contributed by atoms with van der Waals surface area (Å²) in [6.45, 7) is 2.66. The molecule has 3 nitrogen and oxygen atoms in total. The summed E-state index contributed by atoms with van der Waals surface area (Å²) in [5.41, 5.74) is 1.22. The number of hydrogen-bond donors (Lipinski definition) is 0. The van der Waals surface area contributed by atoms with E-state index in [1.54, 1.807) is 4.57 Å². The van der Waals surface area contributed by atoms with Crippen LogP contribution in [0.3, 0.4) is 0 Å². The Morgan fingerprint density at radius 3 is 2.68 bits per heavy atom. The van der Waals surface area contributed by atoms with E-state index in [4.69, 9.17) is 11.6 Å². The molecule has 0 atom stereocenters. The van der Waals surface area contributed by atoms with Gasteiger partial charge in [-0.3, -0.25) is 9.36 Å². The third-order valence-electron chi connectivity index (χ3n) is 3.06. The summed E-state index contributed by atoms with van der Waals surface area (Å²) >= 11 is 5.81. The largest absolute Gasteiger partial charge is 0.297 e. The van der Waals surface area contributed by atoms with Gasteiger partial charge in [0, 0.05) is 19.0 Å². The Bertz CT molecular complexity index is 593. The first-order valence-electron chi connectivity index (χ1n) is 6.51. The number of aromatic nitrogens is 2. The van der Waals surface area contributed by atoms with Gasteiger partial charge in [0.15, 0.2) is 0 Å². The molecule has 0 radical (unpaired) electrons. The van der Waals surface area contributed by atoms with Crippen LogP contribution in [-0.2, 0) is 19.4 Å². The average Bonchev–Trinajstić information content (AvgIpc) is 2.42. The molecule has 0 amide bonds. The van der Waals surface area contributed by atoms with Crippen LogP contribution in [-0.4, -0.2) is 9.55 Å². The number of hydrogen-bond acceptors (Lipinski definition) is 2. The molecule has 1 aromatic heterocycles. The minimum atomic E-state index is -0.0649. The van der Waals surface area contributed by atoms with E-state index in [2.05, 4.69) is 17.1 Å². The number of aryl methyl sites for hydroxylation is 2. The van der Waals surface area contributed by atoms with Gasteiger partial charge in [-0.2, -0.15) is 0 Å². The molecule has 0 aliphatic heterocycles. The zero-order chi connectivity index (χ0) is 13.7. The van der Waals surface area contributed by atoms with Crippen molar-refractivity contribution in [3.63, 3.8) is 0 Å². The van der Waals surface area contributed by atoms with Crippen molar-refractivity contribution in [2.75, 3.05) is 0 Å². The Balaban J connectivity index is 2.06. The van der Waals surface area contributed by atoms with E-state index in [0.29, 0.717) is 13.0 Å². The van der Waals surface area contributed by atoms with Crippen LogP contribution in [0.2, 0.25) is 5.15 Å². The highest BCUT2D eigenvalue weighted by molar-refractivity contribution is 6.29. The van der Waals surface area contributed by atoms with E-state index in [9.17, 15) is 4.79 Å². The van der Waals surface area contributed by atoms with Crippen molar-refractivity contribution in [1.29, 1.82) is 0 Å². The van der Waals surface area contributed by atoms with Gasteiger partial charge in [-0.1, -0.05) is 48.9 Å². The highest BCUT2D eigenvalue weighted by Crippen LogP contribution is 2.06. The minimum absolute atomic E-state index is 0.0649. The standard InChI is InChI=1S/C15H17ClN2O/c1-2-14-17-13(16)11-15(19)18(14)10-6-9-12-7-4-3-5-8-12/h3-5,7-8,11H,2,6,9-10H2,1H3. The molecule has 2 aromatic rings. The summed E-state index contributed by atoms with van der Waals surface area (Å²) in [6, 6.07) is 11.6. The molecule has 0 bridgehead atoms. The normalized spacial score (nSPS) is 10.6. The SMILES string of the molecule is CCc1nc(Cl)cc(=O)n1CCCc1ccccc1. The quantitative estimate of drug-likeness (QED) is 0.787. The first-order chi connectivity index (χ1) is 9.20. The molecule has 0 saturated heterocycles. The fourth-order valence-electron chi connectivity index (χ4n) is 2.12. The van der Waals surface area contributed by atoms with Crippen LogP contribution in [0.1, 0.15) is 24.7 Å². The molecule has 19 heavy (non-hydrogen) atoms. The highest BCUT2D eigenvalue weighted by atomic mass is 35.5. The second kappa shape index (κ2) is 6.53. The van der Waals surface area contributed by atoms with Crippen molar-refractivity contribution < 1.29 is 0 Å². The maximum atomic E-state index is 11.9. The summed E-state index contributed by atoms with van der Waals surface area (Å²) in [6.07, 6.45) is 2.58. The van der Waals surface area contributed by atoms with Crippen molar-refractivity contribution in [3.05, 3.63) is 63.3 Å². The topological polar surface area (TPSA) is 34.9 Å². The Morgan fingerprint density at radius 2 is 2.00 bits per heavy atom. The summed E-state index contributed by atoms with van der Waals surface area (Å²) in [7, 11) is 0. The lowest BCUT2D eigenvalue weighted by molar-refractivity contribution is 0.580. The van der Waals surface area contributed by atoms with Crippen molar-refractivity contribution in [2.45, 2.75) is 32.7 Å². The molecule has 0 unspecified atom stereocenters. The van der Waals surface area contributed by atoms with E-state index in [1.807, 2.05) is 25.1 Å². The van der Waals surface area contributed by atoms with Crippen LogP contribution in [0.5, 0.6) is 0 Å². The molecule has 0 aliphatic rings. The lowest BCUT2D eigenvalue weighted by Gasteiger charge is -2.10. The van der Waals surface area contributed by atoms with Gasteiger partial charge in [-0.05, 0) is 18.4 Å². The van der Waals surface area contributed by atoms with Crippen LogP contribution >= 0.6 is 11.6 Å². The van der Waals surface area contributed by atoms with Crippen LogP contribution in [0.4, 0.5) is 0 Å². The predicted molar refractivity (Wildman–Crippen MR) is 77.6 cm³/mol. The summed E-state index contributed by atoms with van der Waals surface area (Å²) in [4.78, 5) is 16.1. The first-order valence-corrected chi connectivity index (χ1v) is 6.88. The second-order valence-corrected chi connectivity index (χ2v) is 4.81. The van der Waals surface area contributed by atoms with E-state index in [-0.39, 0.29) is 10.7 Å². The van der Waals surface area contributed by atoms with Gasteiger partial charge in [-0.15, -0.1) is 0 Å². The van der Waals surface area contributed by atoms with Crippen molar-refractivity contribution in [3.8, 4) is 0 Å². The third-order valence-corrected chi connectivity index (χ3v) is 3.26. The van der Waals surface area contributed by atoms with Gasteiger partial charge in [0.2, 0.25) is 0 Å². The molecule has 0 fully saturated rings. The minimum Gasteiger partial charge on any atom is -0.297 e. The third kappa shape index (κ3) is 3.67. The van der Waals surface area contributed by atoms with Gasteiger partial charge < -0.3 is 0 Å². The van der Waals surface area contributed by atoms with E-state index in [0.717, 1.165) is 18.7 Å². The fourth-order valence-corrected chi connectivity index (χ4v) is 2.31. The molecule has 0 saturated carbocycles. The Hall–Kier alpha value is -1.61. The highest BCUT2D eigenvalue weighted by Gasteiger charge is 2.05. The van der Waals surface area contributed by atoms with E-state index < -0.39 is 0 Å². The average molecular weight is 277 g/mol. The van der Waals surface area contributed by atoms with Gasteiger partial charge >= 0.3 is 0 Å². The summed E-state index contributed by atoms with van der Waals surface area (Å²) in [5, 5.41) is 0.279.